The molecule has 1 N–H and O–H groups in total. The van der Waals surface area contributed by atoms with Crippen LogP contribution in [0.3, 0.4) is 0 Å². The number of para-hydroxylation sites is 2. The van der Waals surface area contributed by atoms with Crippen molar-refractivity contribution in [3.8, 4) is 0 Å². The van der Waals surface area contributed by atoms with E-state index in [0.717, 1.165) is 22.6 Å². The van der Waals surface area contributed by atoms with Crippen LogP contribution in [0.5, 0.6) is 0 Å². The van der Waals surface area contributed by atoms with Crippen LogP contribution in [0.2, 0.25) is 0 Å². The van der Waals surface area contributed by atoms with Gasteiger partial charge in [-0.25, -0.2) is 4.98 Å². The standard InChI is InChI=1S/C19H15N3.H2/c1-2-7-17-16(6-1)21-18(22-17)12-20-15-9-8-13-11-19(13)10-4-3-5-14(15)19;/h1-10,12-13H,11H2,(H,21,22);1H. The molecule has 108 valence electrons. The van der Waals surface area contributed by atoms with Gasteiger partial charge in [0.1, 0.15) is 5.82 Å². The molecule has 3 aliphatic rings. The second kappa shape index (κ2) is 4.17. The van der Waals surface area contributed by atoms with E-state index in [4.69, 9.17) is 4.99 Å². The van der Waals surface area contributed by atoms with E-state index in [9.17, 15) is 0 Å². The highest BCUT2D eigenvalue weighted by Crippen LogP contribution is 2.63. The number of hydrogen-bond acceptors (Lipinski definition) is 2. The van der Waals surface area contributed by atoms with E-state index >= 15 is 0 Å². The highest BCUT2D eigenvalue weighted by Gasteiger charge is 2.55. The monoisotopic (exact) mass is 287 g/mol. The van der Waals surface area contributed by atoms with Gasteiger partial charge in [0.2, 0.25) is 0 Å². The Kier molecular flexibility index (Phi) is 2.26. The molecule has 2 atom stereocenters. The molecule has 1 heterocycles. The molecule has 0 radical (unpaired) electrons. The van der Waals surface area contributed by atoms with Crippen molar-refractivity contribution in [1.29, 1.82) is 0 Å². The van der Waals surface area contributed by atoms with E-state index in [1.165, 1.54) is 12.0 Å². The number of nitrogens with one attached hydrogen (secondary N) is 1. The molecule has 3 nitrogen and oxygen atoms in total. The molecule has 2 unspecified atom stereocenters. The van der Waals surface area contributed by atoms with Gasteiger partial charge < -0.3 is 4.98 Å². The first-order valence-corrected chi connectivity index (χ1v) is 7.63. The van der Waals surface area contributed by atoms with E-state index < -0.39 is 0 Å². The summed E-state index contributed by atoms with van der Waals surface area (Å²) >= 11 is 0. The number of benzene rings is 1. The Bertz CT molecular complexity index is 896. The van der Waals surface area contributed by atoms with Gasteiger partial charge in [-0.05, 0) is 36.1 Å². The number of hydrogen-bond donors (Lipinski definition) is 1. The first kappa shape index (κ1) is 11.9. The zero-order valence-corrected chi connectivity index (χ0v) is 12.0. The van der Waals surface area contributed by atoms with Gasteiger partial charge in [-0.2, -0.15) is 0 Å². The third kappa shape index (κ3) is 1.62. The van der Waals surface area contributed by atoms with E-state index in [1.807, 2.05) is 30.5 Å². The van der Waals surface area contributed by atoms with E-state index in [1.54, 1.807) is 0 Å². The molecular weight excluding hydrogens is 270 g/mol. The predicted molar refractivity (Wildman–Crippen MR) is 90.8 cm³/mol. The Morgan fingerprint density at radius 3 is 3.18 bits per heavy atom. The third-order valence-electron chi connectivity index (χ3n) is 4.82. The minimum Gasteiger partial charge on any atom is -0.337 e. The molecule has 0 amide bonds. The Hall–Kier alpha value is -2.68. The lowest BCUT2D eigenvalue weighted by atomic mass is 9.85. The normalized spacial score (nSPS) is 28.5. The summed E-state index contributed by atoms with van der Waals surface area (Å²) in [7, 11) is 0. The first-order chi connectivity index (χ1) is 10.9. The average molecular weight is 287 g/mol. The largest absolute Gasteiger partial charge is 0.337 e. The van der Waals surface area contributed by atoms with Gasteiger partial charge in [-0.15, -0.1) is 0 Å². The molecule has 0 aliphatic heterocycles. The van der Waals surface area contributed by atoms with Gasteiger partial charge in [0, 0.05) is 6.84 Å². The molecule has 1 aromatic heterocycles. The molecule has 1 fully saturated rings. The molecule has 1 saturated carbocycles. The van der Waals surface area contributed by atoms with Crippen LogP contribution in [0.25, 0.3) is 11.0 Å². The van der Waals surface area contributed by atoms with Crippen LogP contribution >= 0.6 is 0 Å². The molecule has 1 spiro atoms. The Morgan fingerprint density at radius 2 is 2.23 bits per heavy atom. The number of nitrogens with zero attached hydrogens (tertiary/aromatic N) is 2. The van der Waals surface area contributed by atoms with E-state index in [0.29, 0.717) is 5.92 Å². The molecule has 0 bridgehead atoms. The smallest absolute Gasteiger partial charge is 0.149 e. The van der Waals surface area contributed by atoms with Crippen molar-refractivity contribution in [2.24, 2.45) is 16.3 Å². The Morgan fingerprint density at radius 1 is 1.27 bits per heavy atom. The fraction of sp³-hybridized carbons (Fsp3) is 0.158. The number of rotatable bonds is 2. The van der Waals surface area contributed by atoms with Gasteiger partial charge in [0.25, 0.3) is 0 Å². The summed E-state index contributed by atoms with van der Waals surface area (Å²) in [6.45, 7) is 0. The first-order valence-electron chi connectivity index (χ1n) is 7.63. The van der Waals surface area contributed by atoms with Crippen molar-refractivity contribution in [2.75, 3.05) is 0 Å². The number of imidazole rings is 1. The highest BCUT2D eigenvalue weighted by molar-refractivity contribution is 5.84. The summed E-state index contributed by atoms with van der Waals surface area (Å²) in [5, 5.41) is 0. The quantitative estimate of drug-likeness (QED) is 0.827. The van der Waals surface area contributed by atoms with E-state index in [2.05, 4.69) is 46.4 Å². The van der Waals surface area contributed by atoms with Crippen molar-refractivity contribution >= 4 is 17.2 Å². The molecular formula is C19H17N3. The van der Waals surface area contributed by atoms with Gasteiger partial charge in [-0.1, -0.05) is 42.5 Å². The average Bonchev–Trinajstić information content (AvgIpc) is 3.10. The lowest BCUT2D eigenvalue weighted by Crippen LogP contribution is -2.10. The van der Waals surface area contributed by atoms with Crippen LogP contribution in [0.4, 0.5) is 0 Å². The minimum atomic E-state index is 0. The maximum absolute atomic E-state index is 4.69. The number of aliphatic imine (C=N–C) groups is 1. The number of aromatic nitrogens is 2. The lowest BCUT2D eigenvalue weighted by Gasteiger charge is -2.21. The SMILES string of the molecule is C1=CC2=C(N=Cc3nc4ccccc4[nH]3)C=CC3CC23C=C1.[HH]. The van der Waals surface area contributed by atoms with Crippen LogP contribution in [0.1, 0.15) is 13.7 Å². The Labute approximate surface area is 130 Å². The van der Waals surface area contributed by atoms with Crippen molar-refractivity contribution in [3.63, 3.8) is 0 Å². The van der Waals surface area contributed by atoms with Crippen LogP contribution in [0, 0.1) is 11.3 Å². The zero-order valence-electron chi connectivity index (χ0n) is 12.0. The summed E-state index contributed by atoms with van der Waals surface area (Å²) in [5.41, 5.74) is 4.63. The molecule has 3 aliphatic carbocycles. The van der Waals surface area contributed by atoms with Gasteiger partial charge >= 0.3 is 0 Å². The molecule has 1 aromatic carbocycles. The fourth-order valence-electron chi connectivity index (χ4n) is 3.57. The van der Waals surface area contributed by atoms with E-state index in [-0.39, 0.29) is 6.84 Å². The maximum Gasteiger partial charge on any atom is 0.149 e. The van der Waals surface area contributed by atoms with Crippen molar-refractivity contribution in [2.45, 2.75) is 6.42 Å². The predicted octanol–water partition coefficient (Wildman–Crippen LogP) is 4.18. The summed E-state index contributed by atoms with van der Waals surface area (Å²) < 4.78 is 0. The molecule has 0 saturated heterocycles. The van der Waals surface area contributed by atoms with Crippen LogP contribution in [-0.4, -0.2) is 16.2 Å². The summed E-state index contributed by atoms with van der Waals surface area (Å²) in [5.74, 6) is 1.46. The molecule has 5 rings (SSSR count). The third-order valence-corrected chi connectivity index (χ3v) is 4.82. The van der Waals surface area contributed by atoms with Crippen molar-refractivity contribution in [3.05, 3.63) is 77.8 Å². The molecule has 3 heteroatoms. The molecule has 22 heavy (non-hydrogen) atoms. The number of allylic oxidation sites excluding steroid dienone is 7. The maximum atomic E-state index is 4.69. The highest BCUT2D eigenvalue weighted by atomic mass is 14.9. The van der Waals surface area contributed by atoms with Crippen LogP contribution in [0.15, 0.2) is 77.0 Å². The summed E-state index contributed by atoms with van der Waals surface area (Å²) in [6.07, 6.45) is 16.3. The Balaban J connectivity index is 0.00000135. The number of aromatic amines is 1. The van der Waals surface area contributed by atoms with Gasteiger partial charge in [0.05, 0.1) is 22.9 Å². The number of fused-ring (bicyclic) bond motifs is 1. The minimum absolute atomic E-state index is 0. The number of H-pyrrole nitrogens is 1. The van der Waals surface area contributed by atoms with Crippen molar-refractivity contribution in [1.82, 2.24) is 9.97 Å². The second-order valence-electron chi connectivity index (χ2n) is 6.12. The lowest BCUT2D eigenvalue weighted by molar-refractivity contribution is 0.726. The van der Waals surface area contributed by atoms with Crippen LogP contribution < -0.4 is 0 Å². The van der Waals surface area contributed by atoms with Crippen LogP contribution in [-0.2, 0) is 0 Å². The van der Waals surface area contributed by atoms with Gasteiger partial charge in [-0.3, -0.25) is 4.99 Å². The molecule has 2 aromatic rings. The fourth-order valence-corrected chi connectivity index (χ4v) is 3.57. The summed E-state index contributed by atoms with van der Waals surface area (Å²) in [6, 6.07) is 8.03. The second-order valence-corrected chi connectivity index (χ2v) is 6.12. The topological polar surface area (TPSA) is 41.0 Å². The van der Waals surface area contributed by atoms with Gasteiger partial charge in [0.15, 0.2) is 0 Å². The van der Waals surface area contributed by atoms with Crippen molar-refractivity contribution < 1.29 is 1.43 Å². The zero-order chi connectivity index (χ0) is 14.6. The summed E-state index contributed by atoms with van der Waals surface area (Å²) in [4.78, 5) is 12.5.